The van der Waals surface area contributed by atoms with Gasteiger partial charge in [-0.25, -0.2) is 4.79 Å². The van der Waals surface area contributed by atoms with E-state index in [2.05, 4.69) is 5.32 Å². The highest BCUT2D eigenvalue weighted by atomic mass is 16.4. The van der Waals surface area contributed by atoms with Gasteiger partial charge in [-0.15, -0.1) is 0 Å². The SMILES string of the molecule is Cn1cc(NC2CCCCCCC2)cc1C(=O)O. The maximum atomic E-state index is 11.0. The molecule has 0 saturated heterocycles. The van der Waals surface area contributed by atoms with Crippen LogP contribution in [0.3, 0.4) is 0 Å². The molecule has 1 saturated carbocycles. The molecular weight excluding hydrogens is 228 g/mol. The van der Waals surface area contributed by atoms with E-state index >= 15 is 0 Å². The van der Waals surface area contributed by atoms with Gasteiger partial charge in [0.05, 0.1) is 5.69 Å². The van der Waals surface area contributed by atoms with E-state index in [0.717, 1.165) is 5.69 Å². The Balaban J connectivity index is 1.99. The van der Waals surface area contributed by atoms with E-state index < -0.39 is 5.97 Å². The number of carboxylic acids is 1. The van der Waals surface area contributed by atoms with Crippen molar-refractivity contribution in [3.8, 4) is 0 Å². The number of carboxylic acid groups (broad SMARTS) is 1. The van der Waals surface area contributed by atoms with Crippen molar-refractivity contribution in [2.24, 2.45) is 7.05 Å². The molecule has 0 spiro atoms. The van der Waals surface area contributed by atoms with Crippen LogP contribution in [0.25, 0.3) is 0 Å². The first-order valence-electron chi connectivity index (χ1n) is 6.83. The molecule has 2 N–H and O–H groups in total. The molecule has 100 valence electrons. The van der Waals surface area contributed by atoms with E-state index in [1.54, 1.807) is 17.7 Å². The average Bonchev–Trinajstić information content (AvgIpc) is 2.63. The van der Waals surface area contributed by atoms with Gasteiger partial charge >= 0.3 is 5.97 Å². The highest BCUT2D eigenvalue weighted by molar-refractivity contribution is 5.87. The van der Waals surface area contributed by atoms with Crippen LogP contribution in [-0.2, 0) is 7.05 Å². The van der Waals surface area contributed by atoms with Crippen LogP contribution < -0.4 is 5.32 Å². The molecule has 0 radical (unpaired) electrons. The van der Waals surface area contributed by atoms with Crippen LogP contribution in [0.1, 0.15) is 55.4 Å². The Morgan fingerprint density at radius 1 is 1.28 bits per heavy atom. The van der Waals surface area contributed by atoms with Gasteiger partial charge in [0.2, 0.25) is 0 Å². The second kappa shape index (κ2) is 5.94. The zero-order valence-corrected chi connectivity index (χ0v) is 11.0. The van der Waals surface area contributed by atoms with Crippen molar-refractivity contribution in [2.45, 2.75) is 51.0 Å². The molecule has 1 aromatic rings. The molecule has 0 bridgehead atoms. The summed E-state index contributed by atoms with van der Waals surface area (Å²) in [5.74, 6) is -0.872. The van der Waals surface area contributed by atoms with Gasteiger partial charge in [-0.2, -0.15) is 0 Å². The third-order valence-corrected chi connectivity index (χ3v) is 3.70. The number of nitrogens with zero attached hydrogens (tertiary/aromatic N) is 1. The monoisotopic (exact) mass is 250 g/mol. The van der Waals surface area contributed by atoms with Gasteiger partial charge in [0.1, 0.15) is 5.69 Å². The van der Waals surface area contributed by atoms with Gasteiger partial charge in [-0.05, 0) is 18.9 Å². The molecule has 1 aliphatic rings. The van der Waals surface area contributed by atoms with Crippen LogP contribution in [0.15, 0.2) is 12.3 Å². The minimum atomic E-state index is -0.872. The predicted molar refractivity (Wildman–Crippen MR) is 72.1 cm³/mol. The van der Waals surface area contributed by atoms with Crippen molar-refractivity contribution in [2.75, 3.05) is 5.32 Å². The van der Waals surface area contributed by atoms with Crippen molar-refractivity contribution in [1.82, 2.24) is 4.57 Å². The summed E-state index contributed by atoms with van der Waals surface area (Å²) in [4.78, 5) is 11.0. The van der Waals surface area contributed by atoms with E-state index in [4.69, 9.17) is 5.11 Å². The molecule has 0 aromatic carbocycles. The number of rotatable bonds is 3. The Labute approximate surface area is 108 Å². The molecule has 4 nitrogen and oxygen atoms in total. The van der Waals surface area contributed by atoms with Crippen molar-refractivity contribution in [3.05, 3.63) is 18.0 Å². The van der Waals surface area contributed by atoms with E-state index in [9.17, 15) is 4.79 Å². The minimum absolute atomic E-state index is 0.336. The molecule has 1 heterocycles. The Morgan fingerprint density at radius 2 is 1.89 bits per heavy atom. The Bertz CT molecular complexity index is 404. The Kier molecular flexibility index (Phi) is 4.28. The number of carbonyl (C=O) groups is 1. The zero-order valence-electron chi connectivity index (χ0n) is 11.0. The van der Waals surface area contributed by atoms with Gasteiger partial charge in [0.25, 0.3) is 0 Å². The summed E-state index contributed by atoms with van der Waals surface area (Å²) in [7, 11) is 1.77. The summed E-state index contributed by atoms with van der Waals surface area (Å²) in [5.41, 5.74) is 1.27. The van der Waals surface area contributed by atoms with Crippen LogP contribution in [0, 0.1) is 0 Å². The summed E-state index contributed by atoms with van der Waals surface area (Å²) >= 11 is 0. The highest BCUT2D eigenvalue weighted by Crippen LogP contribution is 2.22. The van der Waals surface area contributed by atoms with E-state index in [-0.39, 0.29) is 0 Å². The second-order valence-corrected chi connectivity index (χ2v) is 5.22. The Hall–Kier alpha value is -1.45. The third-order valence-electron chi connectivity index (χ3n) is 3.70. The maximum absolute atomic E-state index is 11.0. The highest BCUT2D eigenvalue weighted by Gasteiger charge is 2.14. The summed E-state index contributed by atoms with van der Waals surface area (Å²) in [6, 6.07) is 2.22. The van der Waals surface area contributed by atoms with E-state index in [1.165, 1.54) is 44.9 Å². The fourth-order valence-electron chi connectivity index (χ4n) is 2.69. The maximum Gasteiger partial charge on any atom is 0.352 e. The summed E-state index contributed by atoms with van der Waals surface area (Å²) < 4.78 is 1.66. The second-order valence-electron chi connectivity index (χ2n) is 5.22. The molecule has 0 amide bonds. The van der Waals surface area contributed by atoms with Crippen molar-refractivity contribution >= 4 is 11.7 Å². The van der Waals surface area contributed by atoms with Crippen molar-refractivity contribution < 1.29 is 9.90 Å². The lowest BCUT2D eigenvalue weighted by atomic mass is 9.96. The molecule has 4 heteroatoms. The lowest BCUT2D eigenvalue weighted by Crippen LogP contribution is -2.20. The van der Waals surface area contributed by atoms with E-state index in [0.29, 0.717) is 11.7 Å². The van der Waals surface area contributed by atoms with Gasteiger partial charge in [0.15, 0.2) is 0 Å². The number of nitrogens with one attached hydrogen (secondary N) is 1. The molecule has 0 aliphatic heterocycles. The predicted octanol–water partition coefficient (Wildman–Crippen LogP) is 3.25. The van der Waals surface area contributed by atoms with Crippen LogP contribution in [0.2, 0.25) is 0 Å². The smallest absolute Gasteiger partial charge is 0.352 e. The largest absolute Gasteiger partial charge is 0.477 e. The van der Waals surface area contributed by atoms with Crippen LogP contribution in [0.5, 0.6) is 0 Å². The first-order chi connectivity index (χ1) is 8.66. The van der Waals surface area contributed by atoms with Crippen LogP contribution >= 0.6 is 0 Å². The molecular formula is C14H22N2O2. The minimum Gasteiger partial charge on any atom is -0.477 e. The number of hydrogen-bond acceptors (Lipinski definition) is 2. The Morgan fingerprint density at radius 3 is 2.44 bits per heavy atom. The van der Waals surface area contributed by atoms with Gasteiger partial charge < -0.3 is 15.0 Å². The number of aryl methyl sites for hydroxylation is 1. The van der Waals surface area contributed by atoms with Gasteiger partial charge in [-0.1, -0.05) is 32.1 Å². The zero-order chi connectivity index (χ0) is 13.0. The molecule has 1 fully saturated rings. The molecule has 0 atom stereocenters. The molecule has 2 rings (SSSR count). The fourth-order valence-corrected chi connectivity index (χ4v) is 2.69. The van der Waals surface area contributed by atoms with E-state index in [1.807, 2.05) is 6.20 Å². The molecule has 1 aliphatic carbocycles. The topological polar surface area (TPSA) is 54.3 Å². The van der Waals surface area contributed by atoms with Crippen molar-refractivity contribution in [3.63, 3.8) is 0 Å². The summed E-state index contributed by atoms with van der Waals surface area (Å²) in [6.07, 6.45) is 10.8. The van der Waals surface area contributed by atoms with Crippen molar-refractivity contribution in [1.29, 1.82) is 0 Å². The third kappa shape index (κ3) is 3.28. The number of aromatic nitrogens is 1. The quantitative estimate of drug-likeness (QED) is 0.865. The number of anilines is 1. The standard InChI is InChI=1S/C14H22N2O2/c1-16-10-12(9-13(16)14(17)18)15-11-7-5-3-2-4-6-8-11/h9-11,15H,2-8H2,1H3,(H,17,18). The fraction of sp³-hybridized carbons (Fsp3) is 0.643. The number of hydrogen-bond donors (Lipinski definition) is 2. The average molecular weight is 250 g/mol. The lowest BCUT2D eigenvalue weighted by molar-refractivity contribution is 0.0686. The van der Waals surface area contributed by atoms with Crippen LogP contribution in [0.4, 0.5) is 5.69 Å². The molecule has 1 aromatic heterocycles. The first kappa shape index (κ1) is 13.0. The number of aromatic carboxylic acids is 1. The normalized spacial score (nSPS) is 18.1. The van der Waals surface area contributed by atoms with Gasteiger partial charge in [0, 0.05) is 19.3 Å². The van der Waals surface area contributed by atoms with Crippen LogP contribution in [-0.4, -0.2) is 21.7 Å². The summed E-state index contributed by atoms with van der Waals surface area (Å²) in [5, 5.41) is 12.5. The van der Waals surface area contributed by atoms with Gasteiger partial charge in [-0.3, -0.25) is 0 Å². The molecule has 0 unspecified atom stereocenters. The lowest BCUT2D eigenvalue weighted by Gasteiger charge is -2.21. The summed E-state index contributed by atoms with van der Waals surface area (Å²) in [6.45, 7) is 0. The molecule has 18 heavy (non-hydrogen) atoms. The first-order valence-corrected chi connectivity index (χ1v) is 6.83.